The molecule has 0 saturated carbocycles. The standard InChI is InChI=1S/C16H15N3O/c1-10-11(2)18-14-7-6-12(9-13(10)14)19-16(20)15-5-3-4-8-17-15/h3-9,18H,1-2H3,(H,19,20). The molecule has 1 aromatic carbocycles. The summed E-state index contributed by atoms with van der Waals surface area (Å²) in [6.45, 7) is 4.11. The van der Waals surface area contributed by atoms with Gasteiger partial charge in [-0.3, -0.25) is 9.78 Å². The minimum atomic E-state index is -0.199. The van der Waals surface area contributed by atoms with Crippen molar-refractivity contribution in [3.05, 3.63) is 59.5 Å². The monoisotopic (exact) mass is 265 g/mol. The van der Waals surface area contributed by atoms with E-state index in [9.17, 15) is 4.79 Å². The van der Waals surface area contributed by atoms with Crippen molar-refractivity contribution in [1.29, 1.82) is 0 Å². The van der Waals surface area contributed by atoms with Crippen LogP contribution in [0.4, 0.5) is 5.69 Å². The number of carbonyl (C=O) groups is 1. The number of fused-ring (bicyclic) bond motifs is 1. The van der Waals surface area contributed by atoms with E-state index in [0.29, 0.717) is 5.69 Å². The van der Waals surface area contributed by atoms with Gasteiger partial charge in [-0.2, -0.15) is 0 Å². The Morgan fingerprint density at radius 1 is 1.20 bits per heavy atom. The van der Waals surface area contributed by atoms with E-state index in [1.807, 2.05) is 25.1 Å². The number of hydrogen-bond acceptors (Lipinski definition) is 2. The van der Waals surface area contributed by atoms with E-state index in [4.69, 9.17) is 0 Å². The summed E-state index contributed by atoms with van der Waals surface area (Å²) in [5, 5.41) is 4.00. The van der Waals surface area contributed by atoms with E-state index >= 15 is 0 Å². The Balaban J connectivity index is 1.91. The average Bonchev–Trinajstić information content (AvgIpc) is 2.75. The van der Waals surface area contributed by atoms with Gasteiger partial charge in [0.05, 0.1) is 0 Å². The van der Waals surface area contributed by atoms with Gasteiger partial charge in [0.15, 0.2) is 0 Å². The fourth-order valence-corrected chi connectivity index (χ4v) is 2.23. The molecule has 20 heavy (non-hydrogen) atoms. The zero-order valence-corrected chi connectivity index (χ0v) is 11.4. The third kappa shape index (κ3) is 2.16. The first-order valence-corrected chi connectivity index (χ1v) is 6.46. The van der Waals surface area contributed by atoms with E-state index in [1.54, 1.807) is 24.4 Å². The number of hydrogen-bond donors (Lipinski definition) is 2. The van der Waals surface area contributed by atoms with Crippen molar-refractivity contribution in [2.24, 2.45) is 0 Å². The van der Waals surface area contributed by atoms with Crippen LogP contribution in [-0.2, 0) is 0 Å². The third-order valence-electron chi connectivity index (χ3n) is 3.46. The van der Waals surface area contributed by atoms with Crippen LogP contribution in [0.2, 0.25) is 0 Å². The lowest BCUT2D eigenvalue weighted by Gasteiger charge is -2.05. The Hall–Kier alpha value is -2.62. The number of nitrogens with zero attached hydrogens (tertiary/aromatic N) is 1. The zero-order chi connectivity index (χ0) is 14.1. The number of aromatic nitrogens is 2. The molecule has 2 N–H and O–H groups in total. The van der Waals surface area contributed by atoms with Gasteiger partial charge in [-0.25, -0.2) is 0 Å². The van der Waals surface area contributed by atoms with Gasteiger partial charge in [0, 0.05) is 28.5 Å². The van der Waals surface area contributed by atoms with Gasteiger partial charge in [0.1, 0.15) is 5.69 Å². The summed E-state index contributed by atoms with van der Waals surface area (Å²) in [6, 6.07) is 11.1. The van der Waals surface area contributed by atoms with E-state index in [0.717, 1.165) is 22.3 Å². The summed E-state index contributed by atoms with van der Waals surface area (Å²) in [7, 11) is 0. The fourth-order valence-electron chi connectivity index (χ4n) is 2.23. The van der Waals surface area contributed by atoms with Gasteiger partial charge in [0.2, 0.25) is 0 Å². The SMILES string of the molecule is Cc1[nH]c2ccc(NC(=O)c3ccccn3)cc2c1C. The lowest BCUT2D eigenvalue weighted by molar-refractivity contribution is 0.102. The highest BCUT2D eigenvalue weighted by Gasteiger charge is 2.09. The predicted octanol–water partition coefficient (Wildman–Crippen LogP) is 3.43. The summed E-state index contributed by atoms with van der Waals surface area (Å²) in [6.07, 6.45) is 1.61. The highest BCUT2D eigenvalue weighted by atomic mass is 16.1. The van der Waals surface area contributed by atoms with Crippen LogP contribution in [0.25, 0.3) is 10.9 Å². The lowest BCUT2D eigenvalue weighted by Crippen LogP contribution is -2.13. The van der Waals surface area contributed by atoms with E-state index in [2.05, 4.69) is 22.2 Å². The Morgan fingerprint density at radius 2 is 2.05 bits per heavy atom. The summed E-state index contributed by atoms with van der Waals surface area (Å²) in [4.78, 5) is 19.4. The molecule has 0 fully saturated rings. The second-order valence-electron chi connectivity index (χ2n) is 4.80. The molecule has 4 nitrogen and oxygen atoms in total. The molecule has 0 saturated heterocycles. The minimum Gasteiger partial charge on any atom is -0.358 e. The zero-order valence-electron chi connectivity index (χ0n) is 11.4. The molecular weight excluding hydrogens is 250 g/mol. The van der Waals surface area contributed by atoms with Crippen molar-refractivity contribution in [3.63, 3.8) is 0 Å². The van der Waals surface area contributed by atoms with Crippen LogP contribution in [0.5, 0.6) is 0 Å². The molecule has 0 spiro atoms. The van der Waals surface area contributed by atoms with Crippen molar-refractivity contribution < 1.29 is 4.79 Å². The molecule has 0 aliphatic rings. The topological polar surface area (TPSA) is 57.8 Å². The van der Waals surface area contributed by atoms with E-state index in [1.165, 1.54) is 5.56 Å². The van der Waals surface area contributed by atoms with E-state index < -0.39 is 0 Å². The third-order valence-corrected chi connectivity index (χ3v) is 3.46. The van der Waals surface area contributed by atoms with Crippen LogP contribution in [0, 0.1) is 13.8 Å². The van der Waals surface area contributed by atoms with Gasteiger partial charge in [-0.15, -0.1) is 0 Å². The number of anilines is 1. The normalized spacial score (nSPS) is 10.7. The molecule has 2 heterocycles. The number of nitrogens with one attached hydrogen (secondary N) is 2. The van der Waals surface area contributed by atoms with Crippen molar-refractivity contribution in [1.82, 2.24) is 9.97 Å². The van der Waals surface area contributed by atoms with Crippen molar-refractivity contribution in [3.8, 4) is 0 Å². The molecule has 3 rings (SSSR count). The first-order valence-electron chi connectivity index (χ1n) is 6.46. The van der Waals surface area contributed by atoms with Crippen molar-refractivity contribution >= 4 is 22.5 Å². The summed E-state index contributed by atoms with van der Waals surface area (Å²) >= 11 is 0. The summed E-state index contributed by atoms with van der Waals surface area (Å²) in [5.74, 6) is -0.199. The second-order valence-corrected chi connectivity index (χ2v) is 4.80. The summed E-state index contributed by atoms with van der Waals surface area (Å²) in [5.41, 5.74) is 4.61. The van der Waals surface area contributed by atoms with Gasteiger partial charge in [0.25, 0.3) is 5.91 Å². The molecule has 100 valence electrons. The van der Waals surface area contributed by atoms with Crippen LogP contribution in [0.1, 0.15) is 21.7 Å². The van der Waals surface area contributed by atoms with Gasteiger partial charge in [-0.1, -0.05) is 6.07 Å². The molecule has 0 atom stereocenters. The molecule has 0 unspecified atom stereocenters. The second kappa shape index (κ2) is 4.81. The van der Waals surface area contributed by atoms with Crippen molar-refractivity contribution in [2.75, 3.05) is 5.32 Å². The Labute approximate surface area is 116 Å². The number of H-pyrrole nitrogens is 1. The van der Waals surface area contributed by atoms with Crippen LogP contribution in [-0.4, -0.2) is 15.9 Å². The Morgan fingerprint density at radius 3 is 2.80 bits per heavy atom. The number of benzene rings is 1. The highest BCUT2D eigenvalue weighted by Crippen LogP contribution is 2.24. The maximum atomic E-state index is 12.1. The van der Waals surface area contributed by atoms with Crippen molar-refractivity contribution in [2.45, 2.75) is 13.8 Å². The Kier molecular flexibility index (Phi) is 2.99. The number of amides is 1. The van der Waals surface area contributed by atoms with E-state index in [-0.39, 0.29) is 5.91 Å². The number of carbonyl (C=O) groups excluding carboxylic acids is 1. The first kappa shape index (κ1) is 12.4. The molecule has 1 amide bonds. The van der Waals surface area contributed by atoms with Gasteiger partial charge < -0.3 is 10.3 Å². The molecule has 0 bridgehead atoms. The number of aryl methyl sites for hydroxylation is 2. The predicted molar refractivity (Wildman–Crippen MR) is 80.0 cm³/mol. The maximum Gasteiger partial charge on any atom is 0.274 e. The molecule has 3 aromatic rings. The molecule has 0 aliphatic heterocycles. The Bertz CT molecular complexity index is 775. The molecule has 2 aromatic heterocycles. The fraction of sp³-hybridized carbons (Fsp3) is 0.125. The van der Waals surface area contributed by atoms with Gasteiger partial charge >= 0.3 is 0 Å². The van der Waals surface area contributed by atoms with Gasteiger partial charge in [-0.05, 0) is 49.7 Å². The number of aromatic amines is 1. The van der Waals surface area contributed by atoms with Crippen LogP contribution < -0.4 is 5.32 Å². The largest absolute Gasteiger partial charge is 0.358 e. The minimum absolute atomic E-state index is 0.199. The molecule has 0 aliphatic carbocycles. The number of pyridine rings is 1. The van der Waals surface area contributed by atoms with Crippen LogP contribution in [0.3, 0.4) is 0 Å². The summed E-state index contributed by atoms with van der Waals surface area (Å²) < 4.78 is 0. The lowest BCUT2D eigenvalue weighted by atomic mass is 10.1. The quantitative estimate of drug-likeness (QED) is 0.745. The smallest absolute Gasteiger partial charge is 0.274 e. The average molecular weight is 265 g/mol. The van der Waals surface area contributed by atoms with Crippen LogP contribution in [0.15, 0.2) is 42.6 Å². The molecular formula is C16H15N3O. The maximum absolute atomic E-state index is 12.1. The molecule has 4 heteroatoms. The first-order chi connectivity index (χ1) is 9.65. The van der Waals surface area contributed by atoms with Crippen LogP contribution >= 0.6 is 0 Å². The highest BCUT2D eigenvalue weighted by molar-refractivity contribution is 6.04. The number of rotatable bonds is 2. The molecule has 0 radical (unpaired) electrons.